The summed E-state index contributed by atoms with van der Waals surface area (Å²) in [5.74, 6) is 0.646. The summed E-state index contributed by atoms with van der Waals surface area (Å²) in [6.45, 7) is 0.817. The van der Waals surface area contributed by atoms with Crippen LogP contribution in [0.4, 0.5) is 11.4 Å². The van der Waals surface area contributed by atoms with E-state index < -0.39 is 4.92 Å². The van der Waals surface area contributed by atoms with Crippen LogP contribution >= 0.6 is 23.2 Å². The minimum Gasteiger partial charge on any atom is -0.382 e. The first-order chi connectivity index (χ1) is 8.58. The number of nitro benzene ring substituents is 1. The van der Waals surface area contributed by atoms with E-state index in [1.54, 1.807) is 0 Å². The Balaban J connectivity index is 2.10. The Kier molecular flexibility index (Phi) is 4.30. The van der Waals surface area contributed by atoms with Gasteiger partial charge in [-0.2, -0.15) is 0 Å². The fourth-order valence-electron chi connectivity index (χ4n) is 2.29. The number of hydrogen-bond acceptors (Lipinski definition) is 3. The van der Waals surface area contributed by atoms with Crippen molar-refractivity contribution in [1.29, 1.82) is 0 Å². The minimum absolute atomic E-state index is 0.0867. The molecule has 0 atom stereocenters. The van der Waals surface area contributed by atoms with E-state index >= 15 is 0 Å². The average Bonchev–Trinajstić information content (AvgIpc) is 2.80. The van der Waals surface area contributed by atoms with Crippen LogP contribution in [0.2, 0.25) is 10.0 Å². The van der Waals surface area contributed by atoms with Crippen LogP contribution in [0.1, 0.15) is 25.7 Å². The normalized spacial score (nSPS) is 15.9. The molecule has 1 aliphatic rings. The zero-order chi connectivity index (χ0) is 13.1. The van der Waals surface area contributed by atoms with Crippen LogP contribution in [0, 0.1) is 16.0 Å². The van der Waals surface area contributed by atoms with Crippen LogP contribution in [-0.2, 0) is 0 Å². The molecule has 1 N–H and O–H groups in total. The smallest absolute Gasteiger partial charge is 0.272 e. The Morgan fingerprint density at radius 1 is 1.28 bits per heavy atom. The van der Waals surface area contributed by atoms with Crippen LogP contribution in [0.15, 0.2) is 12.1 Å². The average molecular weight is 289 g/mol. The van der Waals surface area contributed by atoms with Gasteiger partial charge in [0.15, 0.2) is 0 Å². The lowest BCUT2D eigenvalue weighted by atomic mass is 10.1. The van der Waals surface area contributed by atoms with E-state index in [0.29, 0.717) is 21.7 Å². The number of hydrogen-bond donors (Lipinski definition) is 1. The van der Waals surface area contributed by atoms with E-state index in [1.165, 1.54) is 37.8 Å². The molecule has 18 heavy (non-hydrogen) atoms. The molecular weight excluding hydrogens is 275 g/mol. The molecule has 1 aliphatic carbocycles. The first-order valence-electron chi connectivity index (χ1n) is 5.95. The van der Waals surface area contributed by atoms with Crippen molar-refractivity contribution >= 4 is 34.6 Å². The minimum atomic E-state index is -0.501. The third-order valence-corrected chi connectivity index (χ3v) is 3.88. The monoisotopic (exact) mass is 288 g/mol. The molecule has 0 saturated heterocycles. The molecule has 0 heterocycles. The molecule has 0 bridgehead atoms. The van der Waals surface area contributed by atoms with Crippen LogP contribution in [0.3, 0.4) is 0 Å². The zero-order valence-corrected chi connectivity index (χ0v) is 11.3. The Labute approximate surface area is 115 Å². The summed E-state index contributed by atoms with van der Waals surface area (Å²) in [5.41, 5.74) is 0.507. The van der Waals surface area contributed by atoms with Crippen molar-refractivity contribution in [2.24, 2.45) is 5.92 Å². The van der Waals surface area contributed by atoms with Gasteiger partial charge in [-0.3, -0.25) is 10.1 Å². The predicted octanol–water partition coefficient (Wildman–Crippen LogP) is 4.50. The van der Waals surface area contributed by atoms with Crippen molar-refractivity contribution in [3.8, 4) is 0 Å². The van der Waals surface area contributed by atoms with Gasteiger partial charge < -0.3 is 5.32 Å². The number of halogens is 2. The summed E-state index contributed by atoms with van der Waals surface area (Å²) in [6.07, 6.45) is 4.98. The molecule has 1 aromatic rings. The molecule has 6 heteroatoms. The van der Waals surface area contributed by atoms with Gasteiger partial charge in [0.05, 0.1) is 20.7 Å². The van der Waals surface area contributed by atoms with Gasteiger partial charge in [0.1, 0.15) is 0 Å². The SMILES string of the molecule is O=[N+]([O-])c1cc(Cl)c(NCC2CCCC2)c(Cl)c1. The molecule has 0 radical (unpaired) electrons. The summed E-state index contributed by atoms with van der Waals surface area (Å²) < 4.78 is 0. The zero-order valence-electron chi connectivity index (χ0n) is 9.79. The molecule has 1 aromatic carbocycles. The van der Waals surface area contributed by atoms with Crippen molar-refractivity contribution in [3.05, 3.63) is 32.3 Å². The summed E-state index contributed by atoms with van der Waals surface area (Å²) in [4.78, 5) is 10.2. The molecule has 1 fully saturated rings. The fourth-order valence-corrected chi connectivity index (χ4v) is 2.90. The van der Waals surface area contributed by atoms with Crippen LogP contribution in [0.25, 0.3) is 0 Å². The number of benzene rings is 1. The molecule has 98 valence electrons. The standard InChI is InChI=1S/C12H14Cl2N2O2/c13-10-5-9(16(17)18)6-11(14)12(10)15-7-8-3-1-2-4-8/h5-6,8,15H,1-4,7H2. The molecule has 0 aromatic heterocycles. The lowest BCUT2D eigenvalue weighted by Crippen LogP contribution is -2.11. The second-order valence-electron chi connectivity index (χ2n) is 4.57. The van der Waals surface area contributed by atoms with E-state index in [4.69, 9.17) is 23.2 Å². The Bertz CT molecular complexity index is 436. The van der Waals surface area contributed by atoms with Gasteiger partial charge in [-0.1, -0.05) is 36.0 Å². The molecule has 0 unspecified atom stereocenters. The third-order valence-electron chi connectivity index (χ3n) is 3.28. The van der Waals surface area contributed by atoms with Gasteiger partial charge in [0.2, 0.25) is 0 Å². The maximum absolute atomic E-state index is 10.7. The first kappa shape index (κ1) is 13.4. The number of nitro groups is 1. The highest BCUT2D eigenvalue weighted by molar-refractivity contribution is 6.39. The van der Waals surface area contributed by atoms with Crippen molar-refractivity contribution in [1.82, 2.24) is 0 Å². The lowest BCUT2D eigenvalue weighted by molar-refractivity contribution is -0.384. The molecule has 0 aliphatic heterocycles. The quantitative estimate of drug-likeness (QED) is 0.655. The molecule has 4 nitrogen and oxygen atoms in total. The summed E-state index contributed by atoms with van der Waals surface area (Å²) in [6, 6.07) is 2.65. The predicted molar refractivity (Wildman–Crippen MR) is 73.6 cm³/mol. The van der Waals surface area contributed by atoms with Crippen molar-refractivity contribution in [2.45, 2.75) is 25.7 Å². The largest absolute Gasteiger partial charge is 0.382 e. The number of nitrogens with zero attached hydrogens (tertiary/aromatic N) is 1. The van der Waals surface area contributed by atoms with Gasteiger partial charge in [0.25, 0.3) is 5.69 Å². The Morgan fingerprint density at radius 2 is 1.83 bits per heavy atom. The maximum atomic E-state index is 10.7. The highest BCUT2D eigenvalue weighted by atomic mass is 35.5. The van der Waals surface area contributed by atoms with Crippen molar-refractivity contribution < 1.29 is 4.92 Å². The molecule has 2 rings (SSSR count). The van der Waals surface area contributed by atoms with E-state index in [-0.39, 0.29) is 5.69 Å². The molecule has 0 amide bonds. The Morgan fingerprint density at radius 3 is 2.33 bits per heavy atom. The fraction of sp³-hybridized carbons (Fsp3) is 0.500. The second kappa shape index (κ2) is 5.76. The van der Waals surface area contributed by atoms with E-state index in [1.807, 2.05) is 0 Å². The molecular formula is C12H14Cl2N2O2. The summed E-state index contributed by atoms with van der Waals surface area (Å²) in [7, 11) is 0. The number of non-ortho nitro benzene ring substituents is 1. The van der Waals surface area contributed by atoms with Crippen LogP contribution in [0.5, 0.6) is 0 Å². The van der Waals surface area contributed by atoms with Crippen molar-refractivity contribution in [2.75, 3.05) is 11.9 Å². The van der Waals surface area contributed by atoms with Gasteiger partial charge in [-0.15, -0.1) is 0 Å². The van der Waals surface area contributed by atoms with Gasteiger partial charge in [-0.25, -0.2) is 0 Å². The second-order valence-corrected chi connectivity index (χ2v) is 5.39. The summed E-state index contributed by atoms with van der Waals surface area (Å²) >= 11 is 12.0. The maximum Gasteiger partial charge on any atom is 0.272 e. The van der Waals surface area contributed by atoms with Crippen LogP contribution in [-0.4, -0.2) is 11.5 Å². The highest BCUT2D eigenvalue weighted by Gasteiger charge is 2.18. The Hall–Kier alpha value is -1.00. The van der Waals surface area contributed by atoms with E-state index in [9.17, 15) is 10.1 Å². The molecule has 1 saturated carbocycles. The summed E-state index contributed by atoms with van der Waals surface area (Å²) in [5, 5.41) is 14.5. The van der Waals surface area contributed by atoms with Gasteiger partial charge >= 0.3 is 0 Å². The molecule has 0 spiro atoms. The van der Waals surface area contributed by atoms with Crippen molar-refractivity contribution in [3.63, 3.8) is 0 Å². The number of rotatable bonds is 4. The van der Waals surface area contributed by atoms with Gasteiger partial charge in [-0.05, 0) is 18.8 Å². The third kappa shape index (κ3) is 3.06. The van der Waals surface area contributed by atoms with E-state index in [0.717, 1.165) is 6.54 Å². The van der Waals surface area contributed by atoms with Crippen LogP contribution < -0.4 is 5.32 Å². The first-order valence-corrected chi connectivity index (χ1v) is 6.71. The number of nitrogens with one attached hydrogen (secondary N) is 1. The highest BCUT2D eigenvalue weighted by Crippen LogP contribution is 2.35. The lowest BCUT2D eigenvalue weighted by Gasteiger charge is -2.14. The number of anilines is 1. The van der Waals surface area contributed by atoms with E-state index in [2.05, 4.69) is 5.32 Å². The van der Waals surface area contributed by atoms with Gasteiger partial charge in [0, 0.05) is 18.7 Å². The topological polar surface area (TPSA) is 55.2 Å².